The van der Waals surface area contributed by atoms with Gasteiger partial charge in [0.15, 0.2) is 12.6 Å². The minimum Gasteiger partial charge on any atom is -0.466 e. The monoisotopic (exact) mass is 371 g/mol. The van der Waals surface area contributed by atoms with Gasteiger partial charge >= 0.3 is 9.95 Å². The standard InChI is InChI=1S/C12H18NO2S2.ClHO4/c1-3-15-11(14)10-5-4-9(2)13(8-10)12-16-6-7-17-12;2-1(3,4)5/h6-7,9-10H,3-5,8H2,1-2H3;(H,2,3,4,5)/q+1;/p-1. The van der Waals surface area contributed by atoms with E-state index in [0.29, 0.717) is 12.6 Å². The maximum absolute atomic E-state index is 11.8. The van der Waals surface area contributed by atoms with E-state index < -0.39 is 10.2 Å². The number of hydrogen-bond acceptors (Lipinski definition) is 8. The van der Waals surface area contributed by atoms with Crippen LogP contribution < -0.4 is 27.2 Å². The minimum absolute atomic E-state index is 0.0362. The van der Waals surface area contributed by atoms with Crippen LogP contribution in [0.3, 0.4) is 0 Å². The molecule has 0 aliphatic carbocycles. The van der Waals surface area contributed by atoms with E-state index >= 15 is 0 Å². The van der Waals surface area contributed by atoms with Crippen molar-refractivity contribution in [2.24, 2.45) is 5.92 Å². The SMILES string of the molecule is CCOC(=O)C1CCC(C)[N+](=c2sccs2)C1.[O-][Cl+3]([O-])([O-])[O-]. The molecule has 0 N–H and O–H groups in total. The average Bonchev–Trinajstić information content (AvgIpc) is 2.91. The quantitative estimate of drug-likeness (QED) is 0.408. The van der Waals surface area contributed by atoms with Gasteiger partial charge in [-0.1, -0.05) is 22.7 Å². The van der Waals surface area contributed by atoms with Crippen molar-refractivity contribution >= 4 is 28.6 Å². The zero-order valence-electron chi connectivity index (χ0n) is 12.2. The number of ether oxygens (including phenoxy) is 1. The summed E-state index contributed by atoms with van der Waals surface area (Å²) in [5.74, 6) is 0.00593. The van der Waals surface area contributed by atoms with Crippen LogP contribution in [-0.2, 0) is 9.53 Å². The number of esters is 1. The van der Waals surface area contributed by atoms with E-state index in [9.17, 15) is 4.79 Å². The highest BCUT2D eigenvalue weighted by atomic mass is 35.7. The topological polar surface area (TPSA) is 122 Å². The van der Waals surface area contributed by atoms with Crippen molar-refractivity contribution in [3.8, 4) is 0 Å². The molecule has 0 amide bonds. The third-order valence-corrected chi connectivity index (χ3v) is 5.30. The molecule has 2 heterocycles. The lowest BCUT2D eigenvalue weighted by molar-refractivity contribution is -2.00. The van der Waals surface area contributed by atoms with Gasteiger partial charge in [-0.2, -0.15) is 0 Å². The predicted octanol–water partition coefficient (Wildman–Crippen LogP) is -2.81. The molecular weight excluding hydrogens is 354 g/mol. The molecule has 22 heavy (non-hydrogen) atoms. The summed E-state index contributed by atoms with van der Waals surface area (Å²) in [6.07, 6.45) is 2.01. The maximum Gasteiger partial charge on any atom is 0.315 e. The van der Waals surface area contributed by atoms with Crippen LogP contribution in [0.25, 0.3) is 0 Å². The second-order valence-electron chi connectivity index (χ2n) is 4.68. The van der Waals surface area contributed by atoms with Crippen LogP contribution in [0.5, 0.6) is 0 Å². The fourth-order valence-corrected chi connectivity index (χ4v) is 4.16. The lowest BCUT2D eigenvalue weighted by Crippen LogP contribution is -2.68. The van der Waals surface area contributed by atoms with Gasteiger partial charge in [-0.3, -0.25) is 4.79 Å². The van der Waals surface area contributed by atoms with Crippen molar-refractivity contribution < 1.29 is 38.4 Å². The Kier molecular flexibility index (Phi) is 7.90. The fraction of sp³-hybridized carbons (Fsp3) is 0.667. The first-order chi connectivity index (χ1) is 10.2. The summed E-state index contributed by atoms with van der Waals surface area (Å²) in [5, 5.41) is 4.20. The number of hydrogen-bond donors (Lipinski definition) is 0. The van der Waals surface area contributed by atoms with E-state index in [4.69, 9.17) is 23.4 Å². The third-order valence-electron chi connectivity index (χ3n) is 3.13. The van der Waals surface area contributed by atoms with E-state index in [1.165, 1.54) is 3.98 Å². The smallest absolute Gasteiger partial charge is 0.315 e. The Hall–Kier alpha value is -0.550. The van der Waals surface area contributed by atoms with Gasteiger partial charge in [-0.15, -0.1) is 10.2 Å². The van der Waals surface area contributed by atoms with Gasteiger partial charge in [0, 0.05) is 17.2 Å². The van der Waals surface area contributed by atoms with Crippen LogP contribution in [0.4, 0.5) is 0 Å². The van der Waals surface area contributed by atoms with Crippen molar-refractivity contribution in [3.05, 3.63) is 14.7 Å². The highest BCUT2D eigenvalue weighted by molar-refractivity contribution is 7.24. The number of carbonyl (C=O) groups is 1. The zero-order chi connectivity index (χ0) is 16.8. The largest absolute Gasteiger partial charge is 0.466 e. The Morgan fingerprint density at radius 1 is 1.32 bits per heavy atom. The molecule has 10 heteroatoms. The summed E-state index contributed by atoms with van der Waals surface area (Å²) in [6, 6.07) is 0.524. The first-order valence-corrected chi connectivity index (χ1v) is 9.62. The predicted molar refractivity (Wildman–Crippen MR) is 71.2 cm³/mol. The molecule has 0 radical (unpaired) electrons. The number of rotatable bonds is 2. The summed E-state index contributed by atoms with van der Waals surface area (Å²) in [4.78, 5) is 11.8. The molecule has 1 aliphatic heterocycles. The molecule has 1 fully saturated rings. The lowest BCUT2D eigenvalue weighted by Gasteiger charge is -2.22. The van der Waals surface area contributed by atoms with E-state index in [1.807, 2.05) is 6.92 Å². The molecule has 1 saturated heterocycles. The Morgan fingerprint density at radius 3 is 2.36 bits per heavy atom. The normalized spacial score (nSPS) is 21.8. The Labute approximate surface area is 138 Å². The molecular formula is C12H18ClNO6S2. The summed E-state index contributed by atoms with van der Waals surface area (Å²) in [5.41, 5.74) is 0. The molecule has 2 unspecified atom stereocenters. The van der Waals surface area contributed by atoms with Crippen LogP contribution in [0.1, 0.15) is 26.7 Å². The van der Waals surface area contributed by atoms with Crippen LogP contribution >= 0.6 is 22.7 Å². The molecule has 0 bridgehead atoms. The number of carbonyl (C=O) groups excluding carboxylic acids is 1. The number of halogens is 1. The van der Waals surface area contributed by atoms with Gasteiger partial charge in [0.05, 0.1) is 6.61 Å². The van der Waals surface area contributed by atoms with Crippen molar-refractivity contribution in [1.29, 1.82) is 0 Å². The molecule has 1 aromatic heterocycles. The van der Waals surface area contributed by atoms with Gasteiger partial charge in [0.1, 0.15) is 5.92 Å². The van der Waals surface area contributed by atoms with Crippen molar-refractivity contribution in [3.63, 3.8) is 0 Å². The van der Waals surface area contributed by atoms with Gasteiger partial charge in [-0.25, -0.2) is 23.2 Å². The summed E-state index contributed by atoms with van der Waals surface area (Å²) < 4.78 is 42.7. The van der Waals surface area contributed by atoms with Gasteiger partial charge in [0.2, 0.25) is 0 Å². The molecule has 0 aromatic carbocycles. The fourth-order valence-electron chi connectivity index (χ4n) is 2.15. The molecule has 0 saturated carbocycles. The van der Waals surface area contributed by atoms with Gasteiger partial charge in [0.25, 0.3) is 0 Å². The number of nitrogens with zero attached hydrogens (tertiary/aromatic N) is 1. The van der Waals surface area contributed by atoms with Crippen LogP contribution in [0, 0.1) is 16.2 Å². The minimum atomic E-state index is -4.94. The molecule has 1 aliphatic rings. The second-order valence-corrected chi connectivity index (χ2v) is 7.48. The average molecular weight is 372 g/mol. The van der Waals surface area contributed by atoms with Gasteiger partial charge in [-0.05, 0) is 20.3 Å². The third kappa shape index (κ3) is 7.14. The highest BCUT2D eigenvalue weighted by Crippen LogP contribution is 2.18. The lowest BCUT2D eigenvalue weighted by atomic mass is 9.95. The summed E-state index contributed by atoms with van der Waals surface area (Å²) in [7, 11) is -4.94. The van der Waals surface area contributed by atoms with E-state index in [1.54, 1.807) is 22.7 Å². The van der Waals surface area contributed by atoms with Crippen molar-refractivity contribution in [2.75, 3.05) is 13.2 Å². The number of piperidine rings is 1. The Bertz CT molecular complexity index is 515. The van der Waals surface area contributed by atoms with E-state index in [0.717, 1.165) is 19.4 Å². The summed E-state index contributed by atoms with van der Waals surface area (Å²) in [6.45, 7) is 5.37. The maximum atomic E-state index is 11.8. The van der Waals surface area contributed by atoms with E-state index in [-0.39, 0.29) is 11.9 Å². The van der Waals surface area contributed by atoms with Gasteiger partial charge < -0.3 is 4.74 Å². The summed E-state index contributed by atoms with van der Waals surface area (Å²) >= 11 is 3.51. The molecule has 1 aromatic rings. The first-order valence-electron chi connectivity index (χ1n) is 6.62. The molecule has 7 nitrogen and oxygen atoms in total. The zero-order valence-corrected chi connectivity index (χ0v) is 14.6. The molecule has 126 valence electrons. The first kappa shape index (κ1) is 19.5. The van der Waals surface area contributed by atoms with E-state index in [2.05, 4.69) is 22.3 Å². The molecule has 2 rings (SSSR count). The Balaban J connectivity index is 0.000000422. The van der Waals surface area contributed by atoms with Crippen LogP contribution in [0.15, 0.2) is 10.8 Å². The van der Waals surface area contributed by atoms with Crippen LogP contribution in [-0.4, -0.2) is 25.2 Å². The second kappa shape index (κ2) is 8.92. The molecule has 0 spiro atoms. The van der Waals surface area contributed by atoms with Crippen molar-refractivity contribution in [2.45, 2.75) is 32.7 Å². The highest BCUT2D eigenvalue weighted by Gasteiger charge is 2.34. The van der Waals surface area contributed by atoms with Crippen molar-refractivity contribution in [1.82, 2.24) is 4.58 Å². The van der Waals surface area contributed by atoms with Crippen LogP contribution in [0.2, 0.25) is 0 Å². The Morgan fingerprint density at radius 2 is 1.86 bits per heavy atom. The molecule has 2 atom stereocenters.